The lowest BCUT2D eigenvalue weighted by Gasteiger charge is -2.01. The summed E-state index contributed by atoms with van der Waals surface area (Å²) in [7, 11) is 0. The summed E-state index contributed by atoms with van der Waals surface area (Å²) in [5, 5.41) is 0. The van der Waals surface area contributed by atoms with Crippen LogP contribution in [0.2, 0.25) is 0 Å². The number of ketones is 1. The van der Waals surface area contributed by atoms with Gasteiger partial charge in [0.15, 0.2) is 0 Å². The smallest absolute Gasteiger partial charge is 0.203 e. The van der Waals surface area contributed by atoms with Gasteiger partial charge in [0.05, 0.1) is 4.88 Å². The van der Waals surface area contributed by atoms with Crippen LogP contribution in [0.25, 0.3) is 0 Å². The maximum atomic E-state index is 12.2. The van der Waals surface area contributed by atoms with Crippen molar-refractivity contribution in [3.63, 3.8) is 0 Å². The van der Waals surface area contributed by atoms with E-state index in [4.69, 9.17) is 5.73 Å². The second-order valence-electron chi connectivity index (χ2n) is 3.72. The normalized spacial score (nSPS) is 10.5. The maximum absolute atomic E-state index is 12.2. The summed E-state index contributed by atoms with van der Waals surface area (Å²) in [6, 6.07) is 9.16. The van der Waals surface area contributed by atoms with Gasteiger partial charge in [0, 0.05) is 20.6 Å². The van der Waals surface area contributed by atoms with Crippen molar-refractivity contribution in [3.8, 4) is 0 Å². The minimum absolute atomic E-state index is 0.0303. The summed E-state index contributed by atoms with van der Waals surface area (Å²) in [4.78, 5) is 14.2. The van der Waals surface area contributed by atoms with Gasteiger partial charge in [-0.25, -0.2) is 0 Å². The molecular formula is C13H12BrNOS. The third-order valence-electron chi connectivity index (χ3n) is 2.42. The number of benzene rings is 1. The van der Waals surface area contributed by atoms with Crippen molar-refractivity contribution in [3.05, 3.63) is 50.1 Å². The molecule has 0 saturated carbocycles. The maximum Gasteiger partial charge on any atom is 0.203 e. The molecule has 0 saturated heterocycles. The Balaban J connectivity index is 2.36. The topological polar surface area (TPSA) is 43.1 Å². The molecule has 1 aromatic heterocycles. The molecule has 1 aromatic carbocycles. The second kappa shape index (κ2) is 5.02. The van der Waals surface area contributed by atoms with Gasteiger partial charge in [-0.05, 0) is 36.8 Å². The molecule has 88 valence electrons. The molecule has 0 fully saturated rings. The standard InChI is InChI=1S/C13H12BrNOS/c1-2-11-3-4-12(17-11)13(16)8-5-9(14)7-10(15)6-8/h3-7H,2,15H2,1H3. The molecule has 1 heterocycles. The molecule has 0 aliphatic heterocycles. The zero-order valence-corrected chi connectivity index (χ0v) is 11.8. The fourth-order valence-corrected chi connectivity index (χ4v) is 3.00. The predicted molar refractivity (Wildman–Crippen MR) is 75.7 cm³/mol. The molecule has 0 aliphatic rings. The fourth-order valence-electron chi connectivity index (χ4n) is 1.58. The number of nitrogen functional groups attached to an aromatic ring is 1. The minimum atomic E-state index is 0.0303. The molecule has 17 heavy (non-hydrogen) atoms. The van der Waals surface area contributed by atoms with Crippen LogP contribution in [0.1, 0.15) is 27.0 Å². The molecule has 0 spiro atoms. The number of aryl methyl sites for hydroxylation is 1. The number of carbonyl (C=O) groups is 1. The number of hydrogen-bond donors (Lipinski definition) is 1. The Morgan fingerprint density at radius 2 is 2.12 bits per heavy atom. The average Bonchev–Trinajstić information content (AvgIpc) is 2.75. The average molecular weight is 310 g/mol. The highest BCUT2D eigenvalue weighted by atomic mass is 79.9. The first-order chi connectivity index (χ1) is 8.10. The Hall–Kier alpha value is -1.13. The summed E-state index contributed by atoms with van der Waals surface area (Å²) in [6.07, 6.45) is 0.957. The number of carbonyl (C=O) groups excluding carboxylic acids is 1. The number of rotatable bonds is 3. The van der Waals surface area contributed by atoms with E-state index in [0.717, 1.165) is 15.8 Å². The molecule has 2 rings (SSSR count). The molecule has 0 unspecified atom stereocenters. The van der Waals surface area contributed by atoms with E-state index in [9.17, 15) is 4.79 Å². The highest BCUT2D eigenvalue weighted by molar-refractivity contribution is 9.10. The van der Waals surface area contributed by atoms with Gasteiger partial charge in [0.25, 0.3) is 0 Å². The van der Waals surface area contributed by atoms with Gasteiger partial charge in [-0.2, -0.15) is 0 Å². The highest BCUT2D eigenvalue weighted by Gasteiger charge is 2.12. The number of hydrogen-bond acceptors (Lipinski definition) is 3. The molecular weight excluding hydrogens is 298 g/mol. The first-order valence-electron chi connectivity index (χ1n) is 5.29. The van der Waals surface area contributed by atoms with Crippen molar-refractivity contribution in [2.45, 2.75) is 13.3 Å². The van der Waals surface area contributed by atoms with Gasteiger partial charge in [-0.3, -0.25) is 4.79 Å². The summed E-state index contributed by atoms with van der Waals surface area (Å²) in [5.74, 6) is 0.0303. The number of anilines is 1. The summed E-state index contributed by atoms with van der Waals surface area (Å²) in [6.45, 7) is 2.08. The molecule has 0 amide bonds. The Bertz CT molecular complexity index is 542. The number of thiophene rings is 1. The van der Waals surface area contributed by atoms with E-state index in [1.807, 2.05) is 12.1 Å². The number of nitrogens with two attached hydrogens (primary N) is 1. The quantitative estimate of drug-likeness (QED) is 0.690. The van der Waals surface area contributed by atoms with E-state index < -0.39 is 0 Å². The zero-order valence-electron chi connectivity index (χ0n) is 9.37. The van der Waals surface area contributed by atoms with Crippen LogP contribution in [0.4, 0.5) is 5.69 Å². The van der Waals surface area contributed by atoms with E-state index in [2.05, 4.69) is 22.9 Å². The lowest BCUT2D eigenvalue weighted by atomic mass is 10.1. The van der Waals surface area contributed by atoms with Crippen molar-refractivity contribution in [2.24, 2.45) is 0 Å². The highest BCUT2D eigenvalue weighted by Crippen LogP contribution is 2.23. The van der Waals surface area contributed by atoms with E-state index in [0.29, 0.717) is 11.3 Å². The summed E-state index contributed by atoms with van der Waals surface area (Å²) in [5.41, 5.74) is 6.95. The van der Waals surface area contributed by atoms with E-state index in [1.54, 1.807) is 29.5 Å². The first-order valence-corrected chi connectivity index (χ1v) is 6.90. The molecule has 2 nitrogen and oxygen atoms in total. The Labute approximate surface area is 113 Å². The van der Waals surface area contributed by atoms with Crippen molar-refractivity contribution < 1.29 is 4.79 Å². The fraction of sp³-hybridized carbons (Fsp3) is 0.154. The third kappa shape index (κ3) is 2.76. The Morgan fingerprint density at radius 1 is 1.35 bits per heavy atom. The third-order valence-corrected chi connectivity index (χ3v) is 4.10. The first kappa shape index (κ1) is 12.3. The van der Waals surface area contributed by atoms with Gasteiger partial charge in [-0.1, -0.05) is 22.9 Å². The van der Waals surface area contributed by atoms with Crippen LogP contribution in [0.3, 0.4) is 0 Å². The van der Waals surface area contributed by atoms with Gasteiger partial charge < -0.3 is 5.73 Å². The van der Waals surface area contributed by atoms with Crippen molar-refractivity contribution in [1.29, 1.82) is 0 Å². The van der Waals surface area contributed by atoms with Crippen LogP contribution in [0.5, 0.6) is 0 Å². The van der Waals surface area contributed by atoms with Crippen LogP contribution in [-0.2, 0) is 6.42 Å². The Morgan fingerprint density at radius 3 is 2.71 bits per heavy atom. The molecule has 0 radical (unpaired) electrons. The molecule has 2 N–H and O–H groups in total. The number of halogens is 1. The van der Waals surface area contributed by atoms with E-state index in [-0.39, 0.29) is 5.78 Å². The molecule has 2 aromatic rings. The lowest BCUT2D eigenvalue weighted by Crippen LogP contribution is -1.99. The molecule has 4 heteroatoms. The van der Waals surface area contributed by atoms with Crippen LogP contribution in [-0.4, -0.2) is 5.78 Å². The van der Waals surface area contributed by atoms with Gasteiger partial charge in [0.1, 0.15) is 0 Å². The zero-order chi connectivity index (χ0) is 12.4. The van der Waals surface area contributed by atoms with E-state index >= 15 is 0 Å². The van der Waals surface area contributed by atoms with E-state index in [1.165, 1.54) is 4.88 Å². The summed E-state index contributed by atoms with van der Waals surface area (Å²) >= 11 is 4.89. The predicted octanol–water partition coefficient (Wildman–Crippen LogP) is 3.89. The SMILES string of the molecule is CCc1ccc(C(=O)c2cc(N)cc(Br)c2)s1. The molecule has 0 aliphatic carbocycles. The van der Waals surface area contributed by atoms with Crippen LogP contribution in [0, 0.1) is 0 Å². The summed E-state index contributed by atoms with van der Waals surface area (Å²) < 4.78 is 0.827. The van der Waals surface area contributed by atoms with Crippen LogP contribution >= 0.6 is 27.3 Å². The Kier molecular flexibility index (Phi) is 3.64. The van der Waals surface area contributed by atoms with Crippen molar-refractivity contribution >= 4 is 38.7 Å². The minimum Gasteiger partial charge on any atom is -0.399 e. The van der Waals surface area contributed by atoms with Gasteiger partial charge in [0.2, 0.25) is 5.78 Å². The van der Waals surface area contributed by atoms with Crippen LogP contribution in [0.15, 0.2) is 34.8 Å². The lowest BCUT2D eigenvalue weighted by molar-refractivity contribution is 0.104. The van der Waals surface area contributed by atoms with Gasteiger partial charge >= 0.3 is 0 Å². The monoisotopic (exact) mass is 309 g/mol. The van der Waals surface area contributed by atoms with Crippen molar-refractivity contribution in [1.82, 2.24) is 0 Å². The molecule has 0 atom stereocenters. The molecule has 0 bridgehead atoms. The van der Waals surface area contributed by atoms with Gasteiger partial charge in [-0.15, -0.1) is 11.3 Å². The van der Waals surface area contributed by atoms with Crippen LogP contribution < -0.4 is 5.73 Å². The van der Waals surface area contributed by atoms with Crippen molar-refractivity contribution in [2.75, 3.05) is 5.73 Å². The second-order valence-corrected chi connectivity index (χ2v) is 5.81. The largest absolute Gasteiger partial charge is 0.399 e.